The summed E-state index contributed by atoms with van der Waals surface area (Å²) in [5.41, 5.74) is 3.46. The Morgan fingerprint density at radius 3 is 2.35 bits per heavy atom. The molecule has 34 heavy (non-hydrogen) atoms. The lowest BCUT2D eigenvalue weighted by Crippen LogP contribution is -2.22. The van der Waals surface area contributed by atoms with Gasteiger partial charge in [-0.15, -0.1) is 0 Å². The maximum absolute atomic E-state index is 12.1. The Morgan fingerprint density at radius 1 is 0.882 bits per heavy atom. The number of benzene rings is 2. The van der Waals surface area contributed by atoms with E-state index in [1.54, 1.807) is 7.11 Å². The first-order valence-electron chi connectivity index (χ1n) is 12.9. The van der Waals surface area contributed by atoms with Crippen LogP contribution < -0.4 is 20.1 Å². The first-order valence-corrected chi connectivity index (χ1v) is 12.9. The van der Waals surface area contributed by atoms with Gasteiger partial charge in [-0.2, -0.15) is 0 Å². The van der Waals surface area contributed by atoms with E-state index in [0.29, 0.717) is 26.0 Å². The second kappa shape index (κ2) is 17.0. The number of aryl methyl sites for hydroxylation is 1. The van der Waals surface area contributed by atoms with Crippen LogP contribution in [0.1, 0.15) is 81.4 Å². The van der Waals surface area contributed by atoms with E-state index in [1.807, 2.05) is 24.3 Å². The second-order valence-electron chi connectivity index (χ2n) is 8.99. The number of carbonyl (C=O) groups excluding carboxylic acids is 1. The minimum atomic E-state index is 0.0455. The van der Waals surface area contributed by atoms with Crippen LogP contribution in [-0.4, -0.2) is 26.2 Å². The van der Waals surface area contributed by atoms with Crippen molar-refractivity contribution in [3.8, 4) is 11.5 Å². The van der Waals surface area contributed by atoms with Gasteiger partial charge in [-0.3, -0.25) is 4.79 Å². The van der Waals surface area contributed by atoms with Crippen molar-refractivity contribution >= 4 is 5.91 Å². The maximum Gasteiger partial charge on any atom is 0.220 e. The summed E-state index contributed by atoms with van der Waals surface area (Å²) in [6, 6.07) is 14.2. The lowest BCUT2D eigenvalue weighted by molar-refractivity contribution is -0.121. The van der Waals surface area contributed by atoms with Gasteiger partial charge in [0.1, 0.15) is 11.5 Å². The van der Waals surface area contributed by atoms with Gasteiger partial charge in [0.25, 0.3) is 0 Å². The number of amides is 1. The molecule has 0 atom stereocenters. The Morgan fingerprint density at radius 2 is 1.62 bits per heavy atom. The molecule has 2 N–H and O–H groups in total. The van der Waals surface area contributed by atoms with Crippen LogP contribution in [0.15, 0.2) is 42.5 Å². The molecule has 5 nitrogen and oxygen atoms in total. The van der Waals surface area contributed by atoms with Crippen molar-refractivity contribution in [2.75, 3.05) is 20.3 Å². The number of unbranched alkanes of at least 4 members (excludes halogenated alkanes) is 6. The lowest BCUT2D eigenvalue weighted by atomic mass is 10.1. The highest BCUT2D eigenvalue weighted by molar-refractivity contribution is 5.75. The minimum absolute atomic E-state index is 0.0455. The van der Waals surface area contributed by atoms with Gasteiger partial charge in [0, 0.05) is 31.1 Å². The third kappa shape index (κ3) is 11.6. The highest BCUT2D eigenvalue weighted by Crippen LogP contribution is 2.25. The Labute approximate surface area is 206 Å². The van der Waals surface area contributed by atoms with Crippen molar-refractivity contribution in [2.45, 2.75) is 84.7 Å². The summed E-state index contributed by atoms with van der Waals surface area (Å²) < 4.78 is 11.4. The van der Waals surface area contributed by atoms with Crippen LogP contribution in [0.5, 0.6) is 11.5 Å². The third-order valence-corrected chi connectivity index (χ3v) is 5.96. The van der Waals surface area contributed by atoms with Crippen LogP contribution in [0, 0.1) is 6.92 Å². The smallest absolute Gasteiger partial charge is 0.220 e. The zero-order valence-electron chi connectivity index (χ0n) is 21.5. The van der Waals surface area contributed by atoms with Gasteiger partial charge in [0.2, 0.25) is 5.91 Å². The fourth-order valence-electron chi connectivity index (χ4n) is 3.81. The highest BCUT2D eigenvalue weighted by Gasteiger charge is 2.06. The molecular formula is C29H44N2O3. The van der Waals surface area contributed by atoms with Gasteiger partial charge in [0.05, 0.1) is 13.7 Å². The summed E-state index contributed by atoms with van der Waals surface area (Å²) in [5, 5.41) is 6.49. The van der Waals surface area contributed by atoms with Crippen molar-refractivity contribution < 1.29 is 14.3 Å². The van der Waals surface area contributed by atoms with Crippen molar-refractivity contribution in [1.82, 2.24) is 10.6 Å². The molecule has 0 heterocycles. The molecule has 0 spiro atoms. The first-order chi connectivity index (χ1) is 16.6. The Balaban J connectivity index is 1.60. The molecule has 0 aliphatic carbocycles. The van der Waals surface area contributed by atoms with E-state index in [9.17, 15) is 4.79 Å². The van der Waals surface area contributed by atoms with E-state index in [0.717, 1.165) is 35.7 Å². The first kappa shape index (κ1) is 27.7. The molecule has 0 saturated carbocycles. The monoisotopic (exact) mass is 468 g/mol. The van der Waals surface area contributed by atoms with Gasteiger partial charge >= 0.3 is 0 Å². The summed E-state index contributed by atoms with van der Waals surface area (Å²) in [6.45, 7) is 7.19. The molecule has 0 aromatic heterocycles. The average molecular weight is 469 g/mol. The van der Waals surface area contributed by atoms with Gasteiger partial charge in [-0.25, -0.2) is 0 Å². The average Bonchev–Trinajstić information content (AvgIpc) is 2.85. The van der Waals surface area contributed by atoms with Crippen LogP contribution in [0.25, 0.3) is 0 Å². The van der Waals surface area contributed by atoms with Gasteiger partial charge in [-0.1, -0.05) is 81.3 Å². The summed E-state index contributed by atoms with van der Waals surface area (Å²) >= 11 is 0. The van der Waals surface area contributed by atoms with E-state index < -0.39 is 0 Å². The predicted molar refractivity (Wildman–Crippen MR) is 140 cm³/mol. The van der Waals surface area contributed by atoms with Crippen molar-refractivity contribution in [2.24, 2.45) is 0 Å². The Kier molecular flexibility index (Phi) is 13.8. The van der Waals surface area contributed by atoms with Crippen molar-refractivity contribution in [3.63, 3.8) is 0 Å². The standard InChI is InChI=1S/C29H44N2O3/c1-4-5-6-7-8-9-10-19-30-23-26-17-18-27(21-28(26)33-3)34-20-11-12-29(32)31-22-25-15-13-24(2)14-16-25/h13-18,21,30H,4-12,19-20,22-23H2,1-3H3,(H,31,32). The van der Waals surface area contributed by atoms with E-state index >= 15 is 0 Å². The number of hydrogen-bond acceptors (Lipinski definition) is 4. The fourth-order valence-corrected chi connectivity index (χ4v) is 3.81. The van der Waals surface area contributed by atoms with Crippen LogP contribution in [0.3, 0.4) is 0 Å². The predicted octanol–water partition coefficient (Wildman–Crippen LogP) is 6.32. The molecule has 0 radical (unpaired) electrons. The highest BCUT2D eigenvalue weighted by atomic mass is 16.5. The molecule has 0 aliphatic heterocycles. The van der Waals surface area contributed by atoms with E-state index in [4.69, 9.17) is 9.47 Å². The normalized spacial score (nSPS) is 10.8. The maximum atomic E-state index is 12.1. The zero-order chi connectivity index (χ0) is 24.4. The molecule has 188 valence electrons. The fraction of sp³-hybridized carbons (Fsp3) is 0.552. The number of hydrogen-bond donors (Lipinski definition) is 2. The molecule has 0 saturated heterocycles. The number of methoxy groups -OCH3 is 1. The van der Waals surface area contributed by atoms with Gasteiger partial charge in [-0.05, 0) is 37.9 Å². The Hall–Kier alpha value is -2.53. The quantitative estimate of drug-likeness (QED) is 0.251. The molecular weight excluding hydrogens is 424 g/mol. The van der Waals surface area contributed by atoms with E-state index in [1.165, 1.54) is 50.5 Å². The molecule has 0 unspecified atom stereocenters. The van der Waals surface area contributed by atoms with Gasteiger partial charge in [0.15, 0.2) is 0 Å². The van der Waals surface area contributed by atoms with Crippen LogP contribution in [0.4, 0.5) is 0 Å². The molecule has 0 aliphatic rings. The number of ether oxygens (including phenoxy) is 2. The molecule has 2 aromatic carbocycles. The van der Waals surface area contributed by atoms with Crippen LogP contribution in [-0.2, 0) is 17.9 Å². The number of rotatable bonds is 18. The van der Waals surface area contributed by atoms with E-state index in [-0.39, 0.29) is 5.91 Å². The van der Waals surface area contributed by atoms with Gasteiger partial charge < -0.3 is 20.1 Å². The molecule has 0 fully saturated rings. The topological polar surface area (TPSA) is 59.6 Å². The largest absolute Gasteiger partial charge is 0.496 e. The second-order valence-corrected chi connectivity index (χ2v) is 8.99. The molecule has 2 aromatic rings. The summed E-state index contributed by atoms with van der Waals surface area (Å²) in [5.74, 6) is 1.65. The minimum Gasteiger partial charge on any atom is -0.496 e. The van der Waals surface area contributed by atoms with E-state index in [2.05, 4.69) is 42.7 Å². The van der Waals surface area contributed by atoms with Crippen LogP contribution in [0.2, 0.25) is 0 Å². The lowest BCUT2D eigenvalue weighted by Gasteiger charge is -2.13. The van der Waals surface area contributed by atoms with Crippen molar-refractivity contribution in [1.29, 1.82) is 0 Å². The van der Waals surface area contributed by atoms with Crippen molar-refractivity contribution in [3.05, 3.63) is 59.2 Å². The molecule has 0 bridgehead atoms. The molecule has 2 rings (SSSR count). The summed E-state index contributed by atoms with van der Waals surface area (Å²) in [4.78, 5) is 12.1. The number of carbonyl (C=O) groups is 1. The van der Waals surface area contributed by atoms with Crippen LogP contribution >= 0.6 is 0 Å². The molecule has 1 amide bonds. The molecule has 5 heteroatoms. The Bertz CT molecular complexity index is 821. The zero-order valence-corrected chi connectivity index (χ0v) is 21.5. The SMILES string of the molecule is CCCCCCCCCNCc1ccc(OCCCC(=O)NCc2ccc(C)cc2)cc1OC. The summed E-state index contributed by atoms with van der Waals surface area (Å²) in [7, 11) is 1.69. The summed E-state index contributed by atoms with van der Waals surface area (Å²) in [6.07, 6.45) is 10.4. The number of nitrogens with one attached hydrogen (secondary N) is 2. The third-order valence-electron chi connectivity index (χ3n) is 5.96.